The van der Waals surface area contributed by atoms with E-state index in [0.29, 0.717) is 35.6 Å². The quantitative estimate of drug-likeness (QED) is 0.434. The van der Waals surface area contributed by atoms with Gasteiger partial charge in [0.2, 0.25) is 0 Å². The Balaban J connectivity index is 1.46. The van der Waals surface area contributed by atoms with Gasteiger partial charge in [0.1, 0.15) is 12.4 Å². The van der Waals surface area contributed by atoms with Gasteiger partial charge < -0.3 is 15.0 Å². The van der Waals surface area contributed by atoms with Gasteiger partial charge in [0.15, 0.2) is 15.8 Å². The van der Waals surface area contributed by atoms with Crippen LogP contribution in [0.1, 0.15) is 24.8 Å². The predicted molar refractivity (Wildman–Crippen MR) is 121 cm³/mol. The topological polar surface area (TPSA) is 71.0 Å². The maximum Gasteiger partial charge on any atom is 0.193 e. The van der Waals surface area contributed by atoms with Gasteiger partial charge in [0.05, 0.1) is 11.4 Å². The zero-order chi connectivity index (χ0) is 21.6. The number of nitrogens with one attached hydrogen (secondary N) is 1. The van der Waals surface area contributed by atoms with Crippen molar-refractivity contribution in [3.05, 3.63) is 60.2 Å². The van der Waals surface area contributed by atoms with Crippen LogP contribution in [0.5, 0.6) is 5.75 Å². The van der Waals surface area contributed by atoms with E-state index in [0.717, 1.165) is 25.5 Å². The zero-order valence-corrected chi connectivity index (χ0v) is 18.7. The highest BCUT2D eigenvalue weighted by atomic mass is 32.2. The summed E-state index contributed by atoms with van der Waals surface area (Å²) in [4.78, 5) is 7.04. The summed E-state index contributed by atoms with van der Waals surface area (Å²) < 4.78 is 28.8. The average molecular weight is 430 g/mol. The van der Waals surface area contributed by atoms with Crippen molar-refractivity contribution >= 4 is 15.8 Å². The van der Waals surface area contributed by atoms with Crippen LogP contribution < -0.4 is 10.1 Å². The maximum absolute atomic E-state index is 11.5. The Labute approximate surface area is 179 Å². The third kappa shape index (κ3) is 5.75. The van der Waals surface area contributed by atoms with E-state index in [2.05, 4.69) is 52.5 Å². The SMILES string of the molecule is CN=C(NCCOc1ccc(S(C)(=O)=O)cc1)N1CCC(c2ccccc2)C(C)C1. The van der Waals surface area contributed by atoms with Gasteiger partial charge in [-0.3, -0.25) is 4.99 Å². The monoisotopic (exact) mass is 429 g/mol. The van der Waals surface area contributed by atoms with Gasteiger partial charge in [-0.1, -0.05) is 37.3 Å². The number of piperidine rings is 1. The third-order valence-electron chi connectivity index (χ3n) is 5.55. The molecule has 0 spiro atoms. The van der Waals surface area contributed by atoms with Crippen molar-refractivity contribution in [2.24, 2.45) is 10.9 Å². The van der Waals surface area contributed by atoms with Gasteiger partial charge >= 0.3 is 0 Å². The normalized spacial score (nSPS) is 20.1. The molecular weight excluding hydrogens is 398 g/mol. The molecule has 2 atom stereocenters. The molecule has 1 aliphatic heterocycles. The van der Waals surface area contributed by atoms with Crippen molar-refractivity contribution in [3.8, 4) is 5.75 Å². The van der Waals surface area contributed by atoms with Crippen LogP contribution in [0, 0.1) is 5.92 Å². The second-order valence-electron chi connectivity index (χ2n) is 7.80. The Morgan fingerprint density at radius 3 is 2.47 bits per heavy atom. The van der Waals surface area contributed by atoms with E-state index in [1.54, 1.807) is 31.3 Å². The number of sulfone groups is 1. The summed E-state index contributed by atoms with van der Waals surface area (Å²) in [6, 6.07) is 17.2. The summed E-state index contributed by atoms with van der Waals surface area (Å²) >= 11 is 0. The standard InChI is InChI=1S/C23H31N3O3S/c1-18-17-26(15-13-22(18)19-7-5-4-6-8-19)23(24-2)25-14-16-29-20-9-11-21(12-10-20)30(3,27)28/h4-12,18,22H,13-17H2,1-3H3,(H,24,25). The molecule has 1 N–H and O–H groups in total. The Morgan fingerprint density at radius 1 is 1.17 bits per heavy atom. The lowest BCUT2D eigenvalue weighted by molar-refractivity contribution is 0.232. The van der Waals surface area contributed by atoms with Crippen LogP contribution in [0.3, 0.4) is 0 Å². The van der Waals surface area contributed by atoms with Crippen LogP contribution in [-0.2, 0) is 9.84 Å². The van der Waals surface area contributed by atoms with Crippen molar-refractivity contribution < 1.29 is 13.2 Å². The van der Waals surface area contributed by atoms with E-state index < -0.39 is 9.84 Å². The highest BCUT2D eigenvalue weighted by molar-refractivity contribution is 7.90. The lowest BCUT2D eigenvalue weighted by Gasteiger charge is -2.38. The number of rotatable bonds is 6. The molecule has 0 aliphatic carbocycles. The lowest BCUT2D eigenvalue weighted by Crippen LogP contribution is -2.48. The molecule has 2 unspecified atom stereocenters. The van der Waals surface area contributed by atoms with Crippen molar-refractivity contribution in [2.75, 3.05) is 39.5 Å². The molecule has 7 heteroatoms. The van der Waals surface area contributed by atoms with Crippen molar-refractivity contribution in [1.82, 2.24) is 10.2 Å². The van der Waals surface area contributed by atoms with Crippen LogP contribution in [-0.4, -0.2) is 58.8 Å². The first-order valence-electron chi connectivity index (χ1n) is 10.3. The van der Waals surface area contributed by atoms with E-state index >= 15 is 0 Å². The third-order valence-corrected chi connectivity index (χ3v) is 6.68. The number of benzene rings is 2. The van der Waals surface area contributed by atoms with E-state index in [4.69, 9.17) is 4.74 Å². The second kappa shape index (κ2) is 9.98. The molecule has 0 aromatic heterocycles. The molecule has 0 bridgehead atoms. The van der Waals surface area contributed by atoms with Gasteiger partial charge in [-0.15, -0.1) is 0 Å². The molecule has 1 fully saturated rings. The molecule has 2 aromatic rings. The summed E-state index contributed by atoms with van der Waals surface area (Å²) in [5, 5.41) is 3.38. The number of guanidine groups is 1. The zero-order valence-electron chi connectivity index (χ0n) is 17.9. The summed E-state index contributed by atoms with van der Waals surface area (Å²) in [5.74, 6) is 2.67. The van der Waals surface area contributed by atoms with Gasteiger partial charge in [-0.05, 0) is 48.1 Å². The summed E-state index contributed by atoms with van der Waals surface area (Å²) in [5.41, 5.74) is 1.42. The minimum atomic E-state index is -3.19. The molecule has 2 aromatic carbocycles. The molecule has 3 rings (SSSR count). The number of likely N-dealkylation sites (tertiary alicyclic amines) is 1. The van der Waals surface area contributed by atoms with E-state index in [1.165, 1.54) is 11.8 Å². The molecule has 1 saturated heterocycles. The number of hydrogen-bond donors (Lipinski definition) is 1. The van der Waals surface area contributed by atoms with Crippen molar-refractivity contribution in [1.29, 1.82) is 0 Å². The van der Waals surface area contributed by atoms with Gasteiger partial charge in [0.25, 0.3) is 0 Å². The summed E-state index contributed by atoms with van der Waals surface area (Å²) in [6.45, 7) is 5.32. The van der Waals surface area contributed by atoms with Crippen molar-refractivity contribution in [3.63, 3.8) is 0 Å². The number of nitrogens with zero attached hydrogens (tertiary/aromatic N) is 2. The van der Waals surface area contributed by atoms with Crippen LogP contribution in [0.25, 0.3) is 0 Å². The molecular formula is C23H31N3O3S. The largest absolute Gasteiger partial charge is 0.492 e. The summed E-state index contributed by atoms with van der Waals surface area (Å²) in [6.07, 6.45) is 2.30. The Hall–Kier alpha value is -2.54. The summed E-state index contributed by atoms with van der Waals surface area (Å²) in [7, 11) is -1.38. The molecule has 1 heterocycles. The minimum absolute atomic E-state index is 0.293. The predicted octanol–water partition coefficient (Wildman–Crippen LogP) is 3.17. The van der Waals surface area contributed by atoms with Crippen LogP contribution in [0.2, 0.25) is 0 Å². The first kappa shape index (κ1) is 22.2. The molecule has 0 radical (unpaired) electrons. The molecule has 30 heavy (non-hydrogen) atoms. The van der Waals surface area contributed by atoms with Gasteiger partial charge in [-0.25, -0.2) is 8.42 Å². The van der Waals surface area contributed by atoms with Crippen LogP contribution in [0.15, 0.2) is 64.5 Å². The van der Waals surface area contributed by atoms with Crippen LogP contribution in [0.4, 0.5) is 0 Å². The lowest BCUT2D eigenvalue weighted by atomic mass is 9.82. The first-order valence-corrected chi connectivity index (χ1v) is 12.2. The second-order valence-corrected chi connectivity index (χ2v) is 9.81. The fourth-order valence-electron chi connectivity index (χ4n) is 3.98. The Morgan fingerprint density at radius 2 is 1.87 bits per heavy atom. The molecule has 1 aliphatic rings. The number of aliphatic imine (C=N–C) groups is 1. The number of ether oxygens (including phenoxy) is 1. The van der Waals surface area contributed by atoms with Crippen molar-refractivity contribution in [2.45, 2.75) is 24.2 Å². The molecule has 0 saturated carbocycles. The van der Waals surface area contributed by atoms with Gasteiger partial charge in [0, 0.05) is 26.4 Å². The first-order chi connectivity index (χ1) is 14.4. The van der Waals surface area contributed by atoms with E-state index in [-0.39, 0.29) is 0 Å². The number of hydrogen-bond acceptors (Lipinski definition) is 4. The fraction of sp³-hybridized carbons (Fsp3) is 0.435. The maximum atomic E-state index is 11.5. The van der Waals surface area contributed by atoms with E-state index in [1.807, 2.05) is 0 Å². The average Bonchev–Trinajstić information content (AvgIpc) is 2.74. The Kier molecular flexibility index (Phi) is 7.37. The fourth-order valence-corrected chi connectivity index (χ4v) is 4.61. The molecule has 162 valence electrons. The molecule has 0 amide bonds. The smallest absolute Gasteiger partial charge is 0.193 e. The highest BCUT2D eigenvalue weighted by Crippen LogP contribution is 2.32. The van der Waals surface area contributed by atoms with Crippen LogP contribution >= 0.6 is 0 Å². The van der Waals surface area contributed by atoms with Gasteiger partial charge in [-0.2, -0.15) is 0 Å². The Bertz CT molecular complexity index is 943. The van der Waals surface area contributed by atoms with E-state index in [9.17, 15) is 8.42 Å². The highest BCUT2D eigenvalue weighted by Gasteiger charge is 2.28. The molecule has 6 nitrogen and oxygen atoms in total. The minimum Gasteiger partial charge on any atom is -0.492 e.